The summed E-state index contributed by atoms with van der Waals surface area (Å²) in [5, 5.41) is 12.6. The monoisotopic (exact) mass is 310 g/mol. The van der Waals surface area contributed by atoms with Gasteiger partial charge >= 0.3 is 6.03 Å². The number of carbonyl (C=O) groups is 1. The van der Waals surface area contributed by atoms with E-state index in [4.69, 9.17) is 0 Å². The minimum Gasteiger partial charge on any atom is -0.391 e. The molecule has 4 atom stereocenters. The van der Waals surface area contributed by atoms with E-state index < -0.39 is 17.7 Å². The van der Waals surface area contributed by atoms with Crippen molar-refractivity contribution in [2.75, 3.05) is 13.1 Å². The Morgan fingerprint density at radius 3 is 2.68 bits per heavy atom. The zero-order valence-corrected chi connectivity index (χ0v) is 12.4. The van der Waals surface area contributed by atoms with Crippen LogP contribution in [0.3, 0.4) is 0 Å². The molecule has 1 aliphatic heterocycles. The van der Waals surface area contributed by atoms with Crippen molar-refractivity contribution in [3.63, 3.8) is 0 Å². The molecule has 2 N–H and O–H groups in total. The summed E-state index contributed by atoms with van der Waals surface area (Å²) in [6, 6.07) is 3.29. The number of rotatable bonds is 2. The molecule has 6 heteroatoms. The number of piperidine rings is 1. The molecule has 2 fully saturated rings. The highest BCUT2D eigenvalue weighted by Gasteiger charge is 2.43. The van der Waals surface area contributed by atoms with Crippen LogP contribution in [-0.2, 0) is 0 Å². The Balaban J connectivity index is 1.58. The lowest BCUT2D eigenvalue weighted by Crippen LogP contribution is -2.50. The van der Waals surface area contributed by atoms with Crippen molar-refractivity contribution in [1.29, 1.82) is 0 Å². The maximum atomic E-state index is 13.7. The number of β-amino-alcohol motifs (C(OH)–C–C–N with tert-alkyl or cyclic N) is 1. The Hall–Kier alpha value is -1.69. The van der Waals surface area contributed by atoms with Crippen LogP contribution in [0.5, 0.6) is 0 Å². The number of benzene rings is 1. The molecule has 3 rings (SSSR count). The SMILES string of the molecule is CC1CCN(C(=O)NC2CC2c2c(F)cccc2F)CC1O. The topological polar surface area (TPSA) is 52.6 Å². The average Bonchev–Trinajstić information content (AvgIpc) is 3.20. The summed E-state index contributed by atoms with van der Waals surface area (Å²) in [4.78, 5) is 13.7. The first-order chi connectivity index (χ1) is 10.5. The van der Waals surface area contributed by atoms with Gasteiger partial charge in [0.2, 0.25) is 0 Å². The summed E-state index contributed by atoms with van der Waals surface area (Å²) in [6.07, 6.45) is 0.777. The van der Waals surface area contributed by atoms with Crippen molar-refractivity contribution in [2.45, 2.75) is 37.8 Å². The van der Waals surface area contributed by atoms with Crippen LogP contribution in [0.25, 0.3) is 0 Å². The van der Waals surface area contributed by atoms with E-state index in [1.807, 2.05) is 6.92 Å². The molecule has 0 aromatic heterocycles. The first-order valence-corrected chi connectivity index (χ1v) is 7.64. The van der Waals surface area contributed by atoms with Crippen molar-refractivity contribution in [1.82, 2.24) is 10.2 Å². The molecule has 1 heterocycles. The van der Waals surface area contributed by atoms with Crippen molar-refractivity contribution in [3.05, 3.63) is 35.4 Å². The van der Waals surface area contributed by atoms with E-state index in [1.54, 1.807) is 4.90 Å². The third kappa shape index (κ3) is 2.92. The highest BCUT2D eigenvalue weighted by Crippen LogP contribution is 2.43. The molecular weight excluding hydrogens is 290 g/mol. The molecule has 0 bridgehead atoms. The Labute approximate surface area is 128 Å². The standard InChI is InChI=1S/C16H20F2N2O2/c1-9-5-6-20(8-14(9)21)16(22)19-13-7-10(13)15-11(17)3-2-4-12(15)18/h2-4,9-10,13-14,21H,5-8H2,1H3,(H,19,22). The van der Waals surface area contributed by atoms with Crippen LogP contribution in [0.4, 0.5) is 13.6 Å². The lowest BCUT2D eigenvalue weighted by molar-refractivity contribution is 0.0435. The molecule has 1 aromatic rings. The van der Waals surface area contributed by atoms with Crippen molar-refractivity contribution in [3.8, 4) is 0 Å². The minimum atomic E-state index is -0.566. The maximum absolute atomic E-state index is 13.7. The number of urea groups is 1. The molecule has 1 saturated carbocycles. The zero-order chi connectivity index (χ0) is 15.9. The smallest absolute Gasteiger partial charge is 0.317 e. The van der Waals surface area contributed by atoms with Gasteiger partial charge in [0, 0.05) is 30.6 Å². The molecule has 1 aliphatic carbocycles. The highest BCUT2D eigenvalue weighted by molar-refractivity contribution is 5.75. The summed E-state index contributed by atoms with van der Waals surface area (Å²) < 4.78 is 27.4. The molecular formula is C16H20F2N2O2. The third-order valence-electron chi connectivity index (χ3n) is 4.68. The molecule has 120 valence electrons. The van der Waals surface area contributed by atoms with Crippen LogP contribution in [0.1, 0.15) is 31.2 Å². The number of aliphatic hydroxyl groups is 1. The second-order valence-electron chi connectivity index (χ2n) is 6.31. The van der Waals surface area contributed by atoms with Gasteiger partial charge in [0.1, 0.15) is 11.6 Å². The maximum Gasteiger partial charge on any atom is 0.317 e. The van der Waals surface area contributed by atoms with Crippen LogP contribution in [0.2, 0.25) is 0 Å². The van der Waals surface area contributed by atoms with E-state index in [0.717, 1.165) is 6.42 Å². The van der Waals surface area contributed by atoms with Crippen molar-refractivity contribution < 1.29 is 18.7 Å². The van der Waals surface area contributed by atoms with Gasteiger partial charge in [-0.25, -0.2) is 13.6 Å². The Morgan fingerprint density at radius 1 is 1.36 bits per heavy atom. The first-order valence-electron chi connectivity index (χ1n) is 7.64. The zero-order valence-electron chi connectivity index (χ0n) is 12.4. The summed E-state index contributed by atoms with van der Waals surface area (Å²) in [5.74, 6) is -1.25. The molecule has 0 radical (unpaired) electrons. The van der Waals surface area contributed by atoms with Gasteiger partial charge in [0.05, 0.1) is 6.10 Å². The fourth-order valence-electron chi connectivity index (χ4n) is 3.02. The van der Waals surface area contributed by atoms with E-state index in [0.29, 0.717) is 19.5 Å². The van der Waals surface area contributed by atoms with E-state index >= 15 is 0 Å². The Morgan fingerprint density at radius 2 is 2.05 bits per heavy atom. The number of nitrogens with zero attached hydrogens (tertiary/aromatic N) is 1. The van der Waals surface area contributed by atoms with Crippen molar-refractivity contribution >= 4 is 6.03 Å². The third-order valence-corrected chi connectivity index (χ3v) is 4.68. The van der Waals surface area contributed by atoms with Gasteiger partial charge in [-0.1, -0.05) is 13.0 Å². The Kier molecular flexibility index (Phi) is 4.04. The number of aliphatic hydroxyl groups excluding tert-OH is 1. The number of halogens is 2. The van der Waals surface area contributed by atoms with Crippen LogP contribution in [0.15, 0.2) is 18.2 Å². The van der Waals surface area contributed by atoms with Crippen LogP contribution in [0, 0.1) is 17.6 Å². The number of amides is 2. The van der Waals surface area contributed by atoms with Gasteiger partial charge in [-0.3, -0.25) is 0 Å². The predicted molar refractivity (Wildman–Crippen MR) is 77.4 cm³/mol. The van der Waals surface area contributed by atoms with Gasteiger partial charge in [0.15, 0.2) is 0 Å². The van der Waals surface area contributed by atoms with Crippen molar-refractivity contribution in [2.24, 2.45) is 5.92 Å². The summed E-state index contributed by atoms with van der Waals surface area (Å²) in [6.45, 7) is 2.85. The fourth-order valence-corrected chi connectivity index (χ4v) is 3.02. The second kappa shape index (κ2) is 5.83. The van der Waals surface area contributed by atoms with Gasteiger partial charge in [-0.2, -0.15) is 0 Å². The largest absolute Gasteiger partial charge is 0.391 e. The summed E-state index contributed by atoms with van der Waals surface area (Å²) in [5.41, 5.74) is 0.0556. The number of hydrogen-bond donors (Lipinski definition) is 2. The Bertz CT molecular complexity index is 561. The first kappa shape index (κ1) is 15.2. The van der Waals surface area contributed by atoms with Crippen LogP contribution in [-0.4, -0.2) is 41.3 Å². The predicted octanol–water partition coefficient (Wildman–Crippen LogP) is 2.23. The molecule has 1 saturated heterocycles. The number of carbonyl (C=O) groups excluding carboxylic acids is 1. The van der Waals surface area contributed by atoms with Gasteiger partial charge < -0.3 is 15.3 Å². The number of nitrogens with one attached hydrogen (secondary N) is 1. The molecule has 2 amide bonds. The summed E-state index contributed by atoms with van der Waals surface area (Å²) >= 11 is 0. The number of likely N-dealkylation sites (tertiary alicyclic amines) is 1. The highest BCUT2D eigenvalue weighted by atomic mass is 19.1. The van der Waals surface area contributed by atoms with E-state index in [9.17, 15) is 18.7 Å². The molecule has 2 aliphatic rings. The lowest BCUT2D eigenvalue weighted by Gasteiger charge is -2.34. The summed E-state index contributed by atoms with van der Waals surface area (Å²) in [7, 11) is 0. The van der Waals surface area contributed by atoms with Gasteiger partial charge in [-0.05, 0) is 30.9 Å². The number of hydrogen-bond acceptors (Lipinski definition) is 2. The van der Waals surface area contributed by atoms with E-state index in [1.165, 1.54) is 18.2 Å². The van der Waals surface area contributed by atoms with Gasteiger partial charge in [-0.15, -0.1) is 0 Å². The lowest BCUT2D eigenvalue weighted by atomic mass is 9.96. The second-order valence-corrected chi connectivity index (χ2v) is 6.31. The fraction of sp³-hybridized carbons (Fsp3) is 0.562. The van der Waals surface area contributed by atoms with Crippen LogP contribution < -0.4 is 5.32 Å². The van der Waals surface area contributed by atoms with E-state index in [2.05, 4.69) is 5.32 Å². The van der Waals surface area contributed by atoms with Gasteiger partial charge in [0.25, 0.3) is 0 Å². The van der Waals surface area contributed by atoms with E-state index in [-0.39, 0.29) is 29.5 Å². The molecule has 4 unspecified atom stereocenters. The average molecular weight is 310 g/mol. The van der Waals surface area contributed by atoms with Crippen LogP contribution >= 0.6 is 0 Å². The normalized spacial score (nSPS) is 31.0. The molecule has 0 spiro atoms. The molecule has 22 heavy (non-hydrogen) atoms. The molecule has 1 aromatic carbocycles. The quantitative estimate of drug-likeness (QED) is 0.880. The molecule has 4 nitrogen and oxygen atoms in total. The minimum absolute atomic E-state index is 0.0556.